The van der Waals surface area contributed by atoms with Gasteiger partial charge in [0.2, 0.25) is 5.91 Å². The maximum Gasteiger partial charge on any atom is 0.222 e. The predicted molar refractivity (Wildman–Crippen MR) is 97.0 cm³/mol. The van der Waals surface area contributed by atoms with Crippen LogP contribution in [-0.4, -0.2) is 60.3 Å². The number of nitrogens with one attached hydrogen (secondary N) is 1. The van der Waals surface area contributed by atoms with Crippen molar-refractivity contribution in [2.75, 3.05) is 26.3 Å². The van der Waals surface area contributed by atoms with Crippen LogP contribution in [0.4, 0.5) is 8.78 Å². The summed E-state index contributed by atoms with van der Waals surface area (Å²) in [6, 6.07) is 3.87. The van der Waals surface area contributed by atoms with E-state index in [-0.39, 0.29) is 36.0 Å². The van der Waals surface area contributed by atoms with Gasteiger partial charge in [-0.15, -0.1) is 0 Å². The summed E-state index contributed by atoms with van der Waals surface area (Å²) in [5, 5.41) is 3.09. The minimum atomic E-state index is -0.425. The van der Waals surface area contributed by atoms with E-state index >= 15 is 0 Å². The molecule has 3 aliphatic heterocycles. The first kappa shape index (κ1) is 18.8. The van der Waals surface area contributed by atoms with Gasteiger partial charge in [-0.25, -0.2) is 8.78 Å². The van der Waals surface area contributed by atoms with Gasteiger partial charge in [0.05, 0.1) is 19.4 Å². The second-order valence-corrected chi connectivity index (χ2v) is 7.90. The lowest BCUT2D eigenvalue weighted by Crippen LogP contribution is -2.59. The number of hydrogen-bond acceptors (Lipinski definition) is 4. The Bertz CT molecular complexity index is 702. The summed E-state index contributed by atoms with van der Waals surface area (Å²) in [6.07, 6.45) is 2.80. The number of hydrogen-bond donors (Lipinski definition) is 1. The molecule has 1 aromatic carbocycles. The number of nitrogens with zero attached hydrogens (tertiary/aromatic N) is 2. The van der Waals surface area contributed by atoms with Crippen LogP contribution in [0.25, 0.3) is 0 Å². The molecule has 148 valence electrons. The molecule has 7 heteroatoms. The number of ether oxygens (including phenoxy) is 1. The SMILES string of the molecule is C[C@@H]1COCCN1C1CC(=O)NC(N2CCC[C@H]2c2cc(F)ccc2F)C1. The average molecular weight is 379 g/mol. The van der Waals surface area contributed by atoms with Crippen molar-refractivity contribution in [1.82, 2.24) is 15.1 Å². The molecule has 4 atom stereocenters. The van der Waals surface area contributed by atoms with Crippen molar-refractivity contribution >= 4 is 5.91 Å². The van der Waals surface area contributed by atoms with Gasteiger partial charge in [0, 0.05) is 43.2 Å². The van der Waals surface area contributed by atoms with Crippen molar-refractivity contribution in [3.8, 4) is 0 Å². The van der Waals surface area contributed by atoms with Gasteiger partial charge in [0.15, 0.2) is 0 Å². The van der Waals surface area contributed by atoms with Crippen molar-refractivity contribution in [3.63, 3.8) is 0 Å². The second kappa shape index (κ2) is 7.81. The monoisotopic (exact) mass is 379 g/mol. The molecular weight excluding hydrogens is 352 g/mol. The Kier molecular flexibility index (Phi) is 5.43. The van der Waals surface area contributed by atoms with Gasteiger partial charge < -0.3 is 10.1 Å². The third-order valence-corrected chi connectivity index (χ3v) is 6.14. The van der Waals surface area contributed by atoms with Gasteiger partial charge in [-0.1, -0.05) is 0 Å². The number of piperidine rings is 1. The zero-order chi connectivity index (χ0) is 19.0. The van der Waals surface area contributed by atoms with Crippen molar-refractivity contribution in [2.24, 2.45) is 0 Å². The quantitative estimate of drug-likeness (QED) is 0.876. The number of carbonyl (C=O) groups is 1. The van der Waals surface area contributed by atoms with Crippen LogP contribution in [0.15, 0.2) is 18.2 Å². The Hall–Kier alpha value is -1.57. The van der Waals surface area contributed by atoms with Crippen molar-refractivity contribution in [1.29, 1.82) is 0 Å². The molecule has 5 nitrogen and oxygen atoms in total. The topological polar surface area (TPSA) is 44.8 Å². The molecule has 0 bridgehead atoms. The summed E-state index contributed by atoms with van der Waals surface area (Å²) in [7, 11) is 0. The van der Waals surface area contributed by atoms with Crippen LogP contribution in [0.5, 0.6) is 0 Å². The van der Waals surface area contributed by atoms with Crippen LogP contribution >= 0.6 is 0 Å². The van der Waals surface area contributed by atoms with Crippen molar-refractivity contribution in [2.45, 2.75) is 56.9 Å². The Balaban J connectivity index is 1.54. The van der Waals surface area contributed by atoms with Crippen LogP contribution < -0.4 is 5.32 Å². The molecule has 3 heterocycles. The molecule has 3 fully saturated rings. The van der Waals surface area contributed by atoms with Crippen LogP contribution in [-0.2, 0) is 9.53 Å². The van der Waals surface area contributed by atoms with Crippen molar-refractivity contribution < 1.29 is 18.3 Å². The van der Waals surface area contributed by atoms with Gasteiger partial charge in [-0.3, -0.25) is 14.6 Å². The molecule has 3 saturated heterocycles. The van der Waals surface area contributed by atoms with E-state index in [0.29, 0.717) is 25.2 Å². The molecule has 3 aliphatic rings. The smallest absolute Gasteiger partial charge is 0.222 e. The van der Waals surface area contributed by atoms with E-state index in [1.54, 1.807) is 0 Å². The highest BCUT2D eigenvalue weighted by Gasteiger charge is 2.40. The van der Waals surface area contributed by atoms with Gasteiger partial charge >= 0.3 is 0 Å². The van der Waals surface area contributed by atoms with Gasteiger partial charge in [-0.05, 0) is 44.4 Å². The van der Waals surface area contributed by atoms with Crippen LogP contribution in [0, 0.1) is 11.6 Å². The molecule has 27 heavy (non-hydrogen) atoms. The Morgan fingerprint density at radius 3 is 2.89 bits per heavy atom. The number of morpholine rings is 1. The molecule has 0 aromatic heterocycles. The third kappa shape index (κ3) is 3.86. The number of amides is 1. The number of rotatable bonds is 3. The maximum atomic E-state index is 14.4. The molecule has 2 unspecified atom stereocenters. The summed E-state index contributed by atoms with van der Waals surface area (Å²) in [5.74, 6) is -0.778. The van der Waals surface area contributed by atoms with Gasteiger partial charge in [-0.2, -0.15) is 0 Å². The average Bonchev–Trinajstić information content (AvgIpc) is 3.13. The molecule has 1 N–H and O–H groups in total. The van der Waals surface area contributed by atoms with E-state index in [1.807, 2.05) is 0 Å². The first-order chi connectivity index (χ1) is 13.0. The minimum Gasteiger partial charge on any atom is -0.379 e. The fraction of sp³-hybridized carbons (Fsp3) is 0.650. The number of carbonyl (C=O) groups excluding carboxylic acids is 1. The summed E-state index contributed by atoms with van der Waals surface area (Å²) < 4.78 is 33.6. The van der Waals surface area contributed by atoms with Crippen LogP contribution in [0.2, 0.25) is 0 Å². The lowest BCUT2D eigenvalue weighted by atomic mass is 9.97. The van der Waals surface area contributed by atoms with E-state index in [0.717, 1.165) is 38.4 Å². The lowest BCUT2D eigenvalue weighted by molar-refractivity contribution is -0.130. The molecule has 4 rings (SSSR count). The summed E-state index contributed by atoms with van der Waals surface area (Å²) >= 11 is 0. The largest absolute Gasteiger partial charge is 0.379 e. The van der Waals surface area contributed by atoms with E-state index in [1.165, 1.54) is 12.1 Å². The Morgan fingerprint density at radius 2 is 2.07 bits per heavy atom. The molecule has 1 aromatic rings. The highest BCUT2D eigenvalue weighted by Crippen LogP contribution is 2.37. The van der Waals surface area contributed by atoms with Crippen molar-refractivity contribution in [3.05, 3.63) is 35.4 Å². The van der Waals surface area contributed by atoms with Gasteiger partial charge in [0.1, 0.15) is 11.6 Å². The molecular formula is C20H27F2N3O2. The summed E-state index contributed by atoms with van der Waals surface area (Å²) in [4.78, 5) is 16.9. The number of likely N-dealkylation sites (tertiary alicyclic amines) is 1. The number of halogens is 2. The predicted octanol–water partition coefficient (Wildman–Crippen LogP) is 2.43. The van der Waals surface area contributed by atoms with Gasteiger partial charge in [0.25, 0.3) is 0 Å². The number of benzene rings is 1. The highest BCUT2D eigenvalue weighted by atomic mass is 19.1. The Morgan fingerprint density at radius 1 is 1.22 bits per heavy atom. The first-order valence-corrected chi connectivity index (χ1v) is 9.86. The molecule has 1 amide bonds. The summed E-state index contributed by atoms with van der Waals surface area (Å²) in [6.45, 7) is 5.10. The molecule has 0 aliphatic carbocycles. The summed E-state index contributed by atoms with van der Waals surface area (Å²) in [5.41, 5.74) is 0.392. The molecule has 0 saturated carbocycles. The molecule has 0 spiro atoms. The fourth-order valence-electron chi connectivity index (χ4n) is 4.88. The van der Waals surface area contributed by atoms with Crippen LogP contribution in [0.1, 0.15) is 44.2 Å². The van der Waals surface area contributed by atoms with E-state index < -0.39 is 5.82 Å². The fourth-order valence-corrected chi connectivity index (χ4v) is 4.88. The van der Waals surface area contributed by atoms with E-state index in [9.17, 15) is 13.6 Å². The lowest BCUT2D eigenvalue weighted by Gasteiger charge is -2.45. The zero-order valence-corrected chi connectivity index (χ0v) is 15.7. The second-order valence-electron chi connectivity index (χ2n) is 7.90. The van der Waals surface area contributed by atoms with Crippen LogP contribution in [0.3, 0.4) is 0 Å². The highest BCUT2D eigenvalue weighted by molar-refractivity contribution is 5.77. The normalized spacial score (nSPS) is 33.2. The maximum absolute atomic E-state index is 14.4. The molecule has 0 radical (unpaired) electrons. The van der Waals surface area contributed by atoms with E-state index in [2.05, 4.69) is 22.0 Å². The first-order valence-electron chi connectivity index (χ1n) is 9.86. The Labute approximate surface area is 158 Å². The van der Waals surface area contributed by atoms with E-state index in [4.69, 9.17) is 4.74 Å². The standard InChI is InChI=1S/C20H27F2N3O2/c1-13-12-27-8-7-24(13)15-10-19(23-20(26)11-15)25-6-2-3-18(25)16-9-14(21)4-5-17(16)22/h4-5,9,13,15,18-19H,2-3,6-8,10-12H2,1H3,(H,23,26)/t13-,15?,18+,19?/m1/s1. The minimum absolute atomic E-state index is 0.0281. The third-order valence-electron chi connectivity index (χ3n) is 6.14. The zero-order valence-electron chi connectivity index (χ0n) is 15.7.